The van der Waals surface area contributed by atoms with Gasteiger partial charge in [-0.1, -0.05) is 0 Å². The van der Waals surface area contributed by atoms with Gasteiger partial charge in [-0.15, -0.1) is 0 Å². The molecule has 1 aromatic rings. The Morgan fingerprint density at radius 3 is 3.06 bits per heavy atom. The van der Waals surface area contributed by atoms with Crippen molar-refractivity contribution in [3.8, 4) is 0 Å². The van der Waals surface area contributed by atoms with Crippen LogP contribution in [0.3, 0.4) is 0 Å². The number of nitrogens with one attached hydrogen (secondary N) is 1. The van der Waals surface area contributed by atoms with Crippen molar-refractivity contribution in [2.45, 2.75) is 19.1 Å². The molecule has 1 saturated heterocycles. The molecule has 0 radical (unpaired) electrons. The molecule has 4 nitrogen and oxygen atoms in total. The summed E-state index contributed by atoms with van der Waals surface area (Å²) in [7, 11) is -0.887. The van der Waals surface area contributed by atoms with Crippen molar-refractivity contribution in [2.75, 3.05) is 18.6 Å². The van der Waals surface area contributed by atoms with Gasteiger partial charge in [0.2, 0.25) is 5.91 Å². The van der Waals surface area contributed by atoms with Crippen molar-refractivity contribution in [3.05, 3.63) is 22.4 Å². The standard InChI is InChI=1S/C11H16N2O2S2/c1-8(7-17(2)15)13-10(14)5-12-11(13)9-3-4-16-6-9/h3-4,6,8,11-12H,5,7H2,1-2H3. The summed E-state index contributed by atoms with van der Waals surface area (Å²) in [6.45, 7) is 2.31. The molecule has 0 spiro atoms. The summed E-state index contributed by atoms with van der Waals surface area (Å²) in [6.07, 6.45) is 1.61. The smallest absolute Gasteiger partial charge is 0.238 e. The molecule has 1 aromatic heterocycles. The van der Waals surface area contributed by atoms with Gasteiger partial charge in [0.1, 0.15) is 6.17 Å². The molecule has 94 valence electrons. The van der Waals surface area contributed by atoms with Crippen LogP contribution in [-0.2, 0) is 15.6 Å². The van der Waals surface area contributed by atoms with Gasteiger partial charge >= 0.3 is 0 Å². The predicted octanol–water partition coefficient (Wildman–Crippen LogP) is 0.946. The SMILES string of the molecule is CC(CS(C)=O)N1C(=O)CNC1c1ccsc1. The number of thiophene rings is 1. The van der Waals surface area contributed by atoms with Crippen LogP contribution in [-0.4, -0.2) is 39.6 Å². The number of hydrogen-bond acceptors (Lipinski definition) is 4. The molecule has 3 atom stereocenters. The lowest BCUT2D eigenvalue weighted by atomic mass is 10.2. The molecule has 2 heterocycles. The van der Waals surface area contributed by atoms with Gasteiger partial charge < -0.3 is 4.90 Å². The molecule has 17 heavy (non-hydrogen) atoms. The highest BCUT2D eigenvalue weighted by Gasteiger charge is 2.35. The fraction of sp³-hybridized carbons (Fsp3) is 0.545. The quantitative estimate of drug-likeness (QED) is 0.887. The van der Waals surface area contributed by atoms with Crippen molar-refractivity contribution in [3.63, 3.8) is 0 Å². The molecule has 1 aliphatic rings. The molecule has 3 unspecified atom stereocenters. The van der Waals surface area contributed by atoms with Crippen molar-refractivity contribution in [1.82, 2.24) is 10.2 Å². The van der Waals surface area contributed by atoms with Crippen LogP contribution in [0.2, 0.25) is 0 Å². The maximum atomic E-state index is 11.9. The largest absolute Gasteiger partial charge is 0.318 e. The van der Waals surface area contributed by atoms with Crippen molar-refractivity contribution in [2.24, 2.45) is 0 Å². The molecule has 0 aromatic carbocycles. The first-order valence-corrected chi connectivity index (χ1v) is 8.13. The summed E-state index contributed by atoms with van der Waals surface area (Å²) < 4.78 is 11.3. The second kappa shape index (κ2) is 5.29. The van der Waals surface area contributed by atoms with E-state index in [1.807, 2.05) is 28.7 Å². The lowest BCUT2D eigenvalue weighted by Crippen LogP contribution is -2.40. The predicted molar refractivity (Wildman–Crippen MR) is 70.3 cm³/mol. The average Bonchev–Trinajstić information content (AvgIpc) is 2.84. The Morgan fingerprint density at radius 2 is 2.47 bits per heavy atom. The van der Waals surface area contributed by atoms with E-state index in [1.165, 1.54) is 0 Å². The topological polar surface area (TPSA) is 49.4 Å². The molecule has 0 saturated carbocycles. The van der Waals surface area contributed by atoms with E-state index < -0.39 is 10.8 Å². The Hall–Kier alpha value is -0.720. The summed E-state index contributed by atoms with van der Waals surface area (Å²) in [6, 6.07) is 2.01. The Balaban J connectivity index is 2.17. The third kappa shape index (κ3) is 2.75. The van der Waals surface area contributed by atoms with E-state index in [-0.39, 0.29) is 18.1 Å². The van der Waals surface area contributed by atoms with Gasteiger partial charge in [0.15, 0.2) is 0 Å². The van der Waals surface area contributed by atoms with E-state index in [9.17, 15) is 9.00 Å². The number of hydrogen-bond donors (Lipinski definition) is 1. The number of nitrogens with zero attached hydrogens (tertiary/aromatic N) is 1. The number of carbonyl (C=O) groups excluding carboxylic acids is 1. The third-order valence-electron chi connectivity index (χ3n) is 2.82. The molecule has 2 rings (SSSR count). The van der Waals surface area contributed by atoms with Gasteiger partial charge in [-0.3, -0.25) is 14.3 Å². The molecule has 0 aliphatic carbocycles. The molecular weight excluding hydrogens is 256 g/mol. The Labute approximate surface area is 107 Å². The Bertz CT molecular complexity index is 419. The fourth-order valence-corrected chi connectivity index (χ4v) is 3.67. The third-order valence-corrected chi connectivity index (χ3v) is 4.48. The van der Waals surface area contributed by atoms with Gasteiger partial charge in [0, 0.05) is 28.9 Å². The average molecular weight is 272 g/mol. The molecule has 1 aliphatic heterocycles. The second-order valence-corrected chi connectivity index (χ2v) is 6.49. The van der Waals surface area contributed by atoms with Crippen LogP contribution in [0.15, 0.2) is 16.8 Å². The highest BCUT2D eigenvalue weighted by molar-refractivity contribution is 7.84. The molecule has 0 bridgehead atoms. The maximum Gasteiger partial charge on any atom is 0.238 e. The van der Waals surface area contributed by atoms with Crippen LogP contribution in [0.5, 0.6) is 0 Å². The normalized spacial score (nSPS) is 24.0. The Kier molecular flexibility index (Phi) is 3.96. The first-order chi connectivity index (χ1) is 8.09. The number of carbonyl (C=O) groups is 1. The van der Waals surface area contributed by atoms with Gasteiger partial charge in [0.25, 0.3) is 0 Å². The van der Waals surface area contributed by atoms with Crippen molar-refractivity contribution >= 4 is 28.0 Å². The van der Waals surface area contributed by atoms with Gasteiger partial charge in [-0.05, 0) is 29.3 Å². The van der Waals surface area contributed by atoms with Crippen molar-refractivity contribution < 1.29 is 9.00 Å². The summed E-state index contributed by atoms with van der Waals surface area (Å²) in [5.41, 5.74) is 1.11. The molecular formula is C11H16N2O2S2. The van der Waals surface area contributed by atoms with E-state index in [4.69, 9.17) is 0 Å². The maximum absolute atomic E-state index is 11.9. The second-order valence-electron chi connectivity index (χ2n) is 4.23. The number of amides is 1. The van der Waals surface area contributed by atoms with Crippen LogP contribution >= 0.6 is 11.3 Å². The van der Waals surface area contributed by atoms with Crippen LogP contribution in [0, 0.1) is 0 Å². The van der Waals surface area contributed by atoms with Crippen LogP contribution in [0.25, 0.3) is 0 Å². The lowest BCUT2D eigenvalue weighted by molar-refractivity contribution is -0.129. The summed E-state index contributed by atoms with van der Waals surface area (Å²) in [5.74, 6) is 0.604. The Morgan fingerprint density at radius 1 is 1.71 bits per heavy atom. The summed E-state index contributed by atoms with van der Waals surface area (Å²) in [5, 5.41) is 7.24. The monoisotopic (exact) mass is 272 g/mol. The molecule has 1 fully saturated rings. The number of rotatable bonds is 4. The molecule has 1 amide bonds. The van der Waals surface area contributed by atoms with Gasteiger partial charge in [-0.25, -0.2) is 0 Å². The zero-order valence-corrected chi connectivity index (χ0v) is 11.5. The zero-order chi connectivity index (χ0) is 12.4. The fourth-order valence-electron chi connectivity index (χ4n) is 2.15. The van der Waals surface area contributed by atoms with Crippen LogP contribution in [0.1, 0.15) is 18.7 Å². The lowest BCUT2D eigenvalue weighted by Gasteiger charge is -2.29. The highest BCUT2D eigenvalue weighted by atomic mass is 32.2. The first kappa shape index (κ1) is 12.7. The zero-order valence-electron chi connectivity index (χ0n) is 9.88. The van der Waals surface area contributed by atoms with E-state index in [0.717, 1.165) is 5.56 Å². The first-order valence-electron chi connectivity index (χ1n) is 5.46. The van der Waals surface area contributed by atoms with Gasteiger partial charge in [-0.2, -0.15) is 11.3 Å². The van der Waals surface area contributed by atoms with E-state index in [0.29, 0.717) is 12.3 Å². The van der Waals surface area contributed by atoms with E-state index >= 15 is 0 Å². The minimum absolute atomic E-state index is 0.00627. The van der Waals surface area contributed by atoms with Crippen LogP contribution < -0.4 is 5.32 Å². The van der Waals surface area contributed by atoms with E-state index in [1.54, 1.807) is 17.6 Å². The van der Waals surface area contributed by atoms with Gasteiger partial charge in [0.05, 0.1) is 6.54 Å². The molecule has 6 heteroatoms. The minimum atomic E-state index is -0.887. The minimum Gasteiger partial charge on any atom is -0.318 e. The van der Waals surface area contributed by atoms with Crippen molar-refractivity contribution in [1.29, 1.82) is 0 Å². The van der Waals surface area contributed by atoms with E-state index in [2.05, 4.69) is 5.32 Å². The summed E-state index contributed by atoms with van der Waals surface area (Å²) >= 11 is 1.62. The summed E-state index contributed by atoms with van der Waals surface area (Å²) in [4.78, 5) is 13.7. The highest BCUT2D eigenvalue weighted by Crippen LogP contribution is 2.26. The molecule has 1 N–H and O–H groups in total. The van der Waals surface area contributed by atoms with Crippen LogP contribution in [0.4, 0.5) is 0 Å².